The maximum Gasteiger partial charge on any atom is 0.321 e. The number of nitrogens with zero attached hydrogens (tertiary/aromatic N) is 1. The van der Waals surface area contributed by atoms with Crippen LogP contribution in [0, 0.1) is 0 Å². The molecule has 0 aliphatic carbocycles. The number of ether oxygens (including phenoxy) is 3. The molecule has 3 amide bonds. The van der Waals surface area contributed by atoms with Crippen LogP contribution in [-0.4, -0.2) is 50.3 Å². The molecule has 0 aliphatic rings. The number of thiophene rings is 1. The molecular formula is C22H23N3O6S2. The van der Waals surface area contributed by atoms with Gasteiger partial charge in [0.05, 0.1) is 26.3 Å². The lowest BCUT2D eigenvalue weighted by molar-refractivity contribution is -0.147. The van der Waals surface area contributed by atoms with Gasteiger partial charge in [-0.1, -0.05) is 6.07 Å². The van der Waals surface area contributed by atoms with Gasteiger partial charge >= 0.3 is 12.0 Å². The second kappa shape index (κ2) is 12.0. The molecule has 0 bridgehead atoms. The minimum Gasteiger partial charge on any atom is -0.493 e. The first-order chi connectivity index (χ1) is 16.0. The molecule has 1 aromatic carbocycles. The van der Waals surface area contributed by atoms with Gasteiger partial charge in [0.2, 0.25) is 0 Å². The van der Waals surface area contributed by atoms with Crippen LogP contribution in [0.3, 0.4) is 0 Å². The number of esters is 1. The van der Waals surface area contributed by atoms with Crippen LogP contribution in [0.4, 0.5) is 4.79 Å². The Bertz CT molecular complexity index is 1100. The molecule has 0 saturated carbocycles. The molecule has 2 aromatic heterocycles. The number of carbonyl (C=O) groups excluding carboxylic acids is 3. The van der Waals surface area contributed by atoms with Crippen LogP contribution in [0.2, 0.25) is 0 Å². The number of benzene rings is 1. The molecule has 2 N–H and O–H groups in total. The summed E-state index contributed by atoms with van der Waals surface area (Å²) in [6.45, 7) is -0.157. The Kier molecular flexibility index (Phi) is 8.79. The van der Waals surface area contributed by atoms with Crippen LogP contribution in [0.15, 0.2) is 41.1 Å². The summed E-state index contributed by atoms with van der Waals surface area (Å²) < 4.78 is 15.5. The Labute approximate surface area is 198 Å². The van der Waals surface area contributed by atoms with Crippen molar-refractivity contribution in [3.63, 3.8) is 0 Å². The van der Waals surface area contributed by atoms with Gasteiger partial charge in [-0.05, 0) is 36.1 Å². The van der Waals surface area contributed by atoms with Crippen molar-refractivity contribution in [2.45, 2.75) is 12.8 Å². The first-order valence-electron chi connectivity index (χ1n) is 9.91. The van der Waals surface area contributed by atoms with E-state index in [4.69, 9.17) is 14.2 Å². The minimum absolute atomic E-state index is 0.0932. The molecule has 33 heavy (non-hydrogen) atoms. The highest BCUT2D eigenvalue weighted by atomic mass is 32.1. The fourth-order valence-corrected chi connectivity index (χ4v) is 4.32. The van der Waals surface area contributed by atoms with Gasteiger partial charge in [0.1, 0.15) is 5.01 Å². The quantitative estimate of drug-likeness (QED) is 0.421. The zero-order chi connectivity index (χ0) is 23.6. The van der Waals surface area contributed by atoms with Crippen LogP contribution in [0.25, 0.3) is 10.6 Å². The third-order valence-electron chi connectivity index (χ3n) is 4.36. The maximum atomic E-state index is 12.1. The topological polar surface area (TPSA) is 116 Å². The average Bonchev–Trinajstić information content (AvgIpc) is 3.49. The molecule has 3 rings (SSSR count). The highest BCUT2D eigenvalue weighted by Gasteiger charge is 2.14. The molecule has 11 heteroatoms. The third-order valence-corrected chi connectivity index (χ3v) is 6.24. The van der Waals surface area contributed by atoms with Crippen LogP contribution in [-0.2, 0) is 27.2 Å². The highest BCUT2D eigenvalue weighted by Crippen LogP contribution is 2.33. The average molecular weight is 490 g/mol. The van der Waals surface area contributed by atoms with Crippen molar-refractivity contribution in [3.05, 3.63) is 51.7 Å². The number of aromatic nitrogens is 1. The Morgan fingerprint density at radius 2 is 1.88 bits per heavy atom. The summed E-state index contributed by atoms with van der Waals surface area (Å²) in [4.78, 5) is 41.2. The molecule has 0 radical (unpaired) electrons. The Balaban J connectivity index is 1.41. The van der Waals surface area contributed by atoms with Crippen molar-refractivity contribution in [1.29, 1.82) is 0 Å². The Morgan fingerprint density at radius 1 is 1.06 bits per heavy atom. The van der Waals surface area contributed by atoms with E-state index in [1.54, 1.807) is 43.1 Å². The van der Waals surface area contributed by atoms with Crippen molar-refractivity contribution in [2.24, 2.45) is 0 Å². The number of hydrogen-bond donors (Lipinski definition) is 2. The standard InChI is InChI=1S/C22H23N3O6S2/c1-29-17-6-5-14(10-18(17)30-2)21-24-15(13-33-21)11-20(27)31-12-19(26)25-22(28)23-8-7-16-4-3-9-32-16/h3-6,9-10,13H,7-8,11-12H2,1-2H3,(H2,23,25,26,28). The minimum atomic E-state index is -0.707. The number of rotatable bonds is 10. The number of urea groups is 1. The van der Waals surface area contributed by atoms with E-state index in [0.29, 0.717) is 35.2 Å². The summed E-state index contributed by atoms with van der Waals surface area (Å²) in [6, 6.07) is 8.69. The summed E-state index contributed by atoms with van der Waals surface area (Å²) in [5.74, 6) is -0.141. The van der Waals surface area contributed by atoms with E-state index in [2.05, 4.69) is 15.6 Å². The van der Waals surface area contributed by atoms with Gasteiger partial charge < -0.3 is 19.5 Å². The molecule has 2 heterocycles. The van der Waals surface area contributed by atoms with Crippen molar-refractivity contribution in [2.75, 3.05) is 27.4 Å². The van der Waals surface area contributed by atoms with E-state index in [1.807, 2.05) is 23.6 Å². The lowest BCUT2D eigenvalue weighted by Crippen LogP contribution is -2.42. The molecule has 3 aromatic rings. The van der Waals surface area contributed by atoms with E-state index in [1.165, 1.54) is 11.3 Å². The molecule has 0 aliphatic heterocycles. The summed E-state index contributed by atoms with van der Waals surface area (Å²) in [5, 5.41) is 9.11. The first kappa shape index (κ1) is 24.2. The fraction of sp³-hybridized carbons (Fsp3) is 0.273. The predicted octanol–water partition coefficient (Wildman–Crippen LogP) is 3.04. The molecule has 0 fully saturated rings. The fourth-order valence-electron chi connectivity index (χ4n) is 2.80. The molecular weight excluding hydrogens is 466 g/mol. The molecule has 9 nitrogen and oxygen atoms in total. The van der Waals surface area contributed by atoms with Crippen molar-refractivity contribution in [1.82, 2.24) is 15.6 Å². The summed E-state index contributed by atoms with van der Waals surface area (Å²) >= 11 is 2.96. The lowest BCUT2D eigenvalue weighted by Gasteiger charge is -2.08. The number of amides is 3. The Hall–Kier alpha value is -3.44. The number of imide groups is 1. The van der Waals surface area contributed by atoms with Crippen molar-refractivity contribution < 1.29 is 28.6 Å². The van der Waals surface area contributed by atoms with Crippen LogP contribution >= 0.6 is 22.7 Å². The zero-order valence-corrected chi connectivity index (χ0v) is 19.7. The molecule has 174 valence electrons. The van der Waals surface area contributed by atoms with Gasteiger partial charge in [-0.3, -0.25) is 14.9 Å². The summed E-state index contributed by atoms with van der Waals surface area (Å²) in [6.07, 6.45) is 0.581. The van der Waals surface area contributed by atoms with Gasteiger partial charge in [0.15, 0.2) is 18.1 Å². The van der Waals surface area contributed by atoms with Gasteiger partial charge in [0, 0.05) is 22.4 Å². The summed E-state index contributed by atoms with van der Waals surface area (Å²) in [5.41, 5.74) is 1.34. The second-order valence-electron chi connectivity index (χ2n) is 6.68. The third kappa shape index (κ3) is 7.29. The number of carbonyl (C=O) groups is 3. The van der Waals surface area contributed by atoms with E-state index in [0.717, 1.165) is 10.4 Å². The highest BCUT2D eigenvalue weighted by molar-refractivity contribution is 7.13. The normalized spacial score (nSPS) is 10.4. The molecule has 0 spiro atoms. The first-order valence-corrected chi connectivity index (χ1v) is 11.7. The van der Waals surface area contributed by atoms with Gasteiger partial charge in [-0.15, -0.1) is 22.7 Å². The van der Waals surface area contributed by atoms with E-state index >= 15 is 0 Å². The van der Waals surface area contributed by atoms with Crippen LogP contribution in [0.1, 0.15) is 10.6 Å². The maximum absolute atomic E-state index is 12.1. The van der Waals surface area contributed by atoms with Crippen molar-refractivity contribution >= 4 is 40.6 Å². The predicted molar refractivity (Wildman–Crippen MR) is 125 cm³/mol. The molecule has 0 unspecified atom stereocenters. The lowest BCUT2D eigenvalue weighted by atomic mass is 10.2. The Morgan fingerprint density at radius 3 is 2.61 bits per heavy atom. The van der Waals surface area contributed by atoms with E-state index in [-0.39, 0.29) is 6.42 Å². The van der Waals surface area contributed by atoms with Crippen molar-refractivity contribution in [3.8, 4) is 22.1 Å². The smallest absolute Gasteiger partial charge is 0.321 e. The number of methoxy groups -OCH3 is 2. The molecule has 0 atom stereocenters. The molecule has 0 saturated heterocycles. The number of hydrogen-bond acceptors (Lipinski definition) is 9. The number of nitrogens with one attached hydrogen (secondary N) is 2. The number of thiazole rings is 1. The van der Waals surface area contributed by atoms with Crippen LogP contribution in [0.5, 0.6) is 11.5 Å². The second-order valence-corrected chi connectivity index (χ2v) is 8.58. The monoisotopic (exact) mass is 489 g/mol. The SMILES string of the molecule is COc1ccc(-c2nc(CC(=O)OCC(=O)NC(=O)NCCc3cccs3)cs2)cc1OC. The van der Waals surface area contributed by atoms with Gasteiger partial charge in [-0.2, -0.15) is 0 Å². The largest absolute Gasteiger partial charge is 0.493 e. The summed E-state index contributed by atoms with van der Waals surface area (Å²) in [7, 11) is 3.11. The van der Waals surface area contributed by atoms with E-state index in [9.17, 15) is 14.4 Å². The van der Waals surface area contributed by atoms with Gasteiger partial charge in [0.25, 0.3) is 5.91 Å². The van der Waals surface area contributed by atoms with E-state index < -0.39 is 24.5 Å². The van der Waals surface area contributed by atoms with Crippen LogP contribution < -0.4 is 20.1 Å². The van der Waals surface area contributed by atoms with Gasteiger partial charge in [-0.25, -0.2) is 9.78 Å². The zero-order valence-electron chi connectivity index (χ0n) is 18.1.